The average Bonchev–Trinajstić information content (AvgIpc) is 3.60. The summed E-state index contributed by atoms with van der Waals surface area (Å²) in [5.74, 6) is 2.31. The summed E-state index contributed by atoms with van der Waals surface area (Å²) >= 11 is 0. The molecule has 2 fully saturated rings. The molecule has 0 aromatic carbocycles. The molecule has 0 amide bonds. The fourth-order valence-electron chi connectivity index (χ4n) is 4.18. The molecular formula is C21H24N6O2. The Balaban J connectivity index is 1.35. The van der Waals surface area contributed by atoms with Gasteiger partial charge in [-0.2, -0.15) is 0 Å². The first-order valence-electron chi connectivity index (χ1n) is 10.1. The molecule has 0 atom stereocenters. The molecular weight excluding hydrogens is 368 g/mol. The van der Waals surface area contributed by atoms with Crippen LogP contribution in [0.1, 0.15) is 25.7 Å². The van der Waals surface area contributed by atoms with E-state index in [0.29, 0.717) is 23.6 Å². The molecule has 8 heteroatoms. The lowest BCUT2D eigenvalue weighted by Crippen LogP contribution is -2.47. The number of piperidine rings is 1. The Morgan fingerprint density at radius 3 is 2.62 bits per heavy atom. The summed E-state index contributed by atoms with van der Waals surface area (Å²) in [6.07, 6.45) is 7.73. The SMILES string of the molecule is COc1cc(N(C2CC2)C2CCN(c3cc(=O)n4ccccc4n3)CC2)ncn1. The van der Waals surface area contributed by atoms with Crippen LogP contribution in [0.2, 0.25) is 0 Å². The number of methoxy groups -OCH3 is 1. The van der Waals surface area contributed by atoms with Crippen LogP contribution in [-0.2, 0) is 0 Å². The third-order valence-corrected chi connectivity index (χ3v) is 5.78. The highest BCUT2D eigenvalue weighted by Gasteiger charge is 2.36. The van der Waals surface area contributed by atoms with E-state index in [1.54, 1.807) is 30.1 Å². The Morgan fingerprint density at radius 2 is 1.86 bits per heavy atom. The molecule has 0 radical (unpaired) electrons. The summed E-state index contributed by atoms with van der Waals surface area (Å²) in [6, 6.07) is 10.2. The molecule has 0 bridgehead atoms. The molecule has 0 N–H and O–H groups in total. The summed E-state index contributed by atoms with van der Waals surface area (Å²) in [7, 11) is 1.63. The number of rotatable bonds is 5. The first kappa shape index (κ1) is 17.9. The zero-order valence-corrected chi connectivity index (χ0v) is 16.4. The average molecular weight is 392 g/mol. The van der Waals surface area contributed by atoms with Crippen LogP contribution < -0.4 is 20.1 Å². The minimum absolute atomic E-state index is 0.0413. The summed E-state index contributed by atoms with van der Waals surface area (Å²) in [6.45, 7) is 1.73. The van der Waals surface area contributed by atoms with E-state index in [9.17, 15) is 4.79 Å². The second-order valence-corrected chi connectivity index (χ2v) is 7.66. The highest BCUT2D eigenvalue weighted by molar-refractivity contribution is 5.49. The molecule has 3 aromatic rings. The molecule has 5 rings (SSSR count). The van der Waals surface area contributed by atoms with E-state index in [2.05, 4.69) is 19.8 Å². The number of ether oxygens (including phenoxy) is 1. The Bertz CT molecular complexity index is 1070. The van der Waals surface area contributed by atoms with Crippen LogP contribution in [0.25, 0.3) is 5.65 Å². The number of pyridine rings is 1. The Kier molecular flexibility index (Phi) is 4.54. The minimum Gasteiger partial charge on any atom is -0.481 e. The first-order valence-corrected chi connectivity index (χ1v) is 10.1. The van der Waals surface area contributed by atoms with E-state index < -0.39 is 0 Å². The molecule has 29 heavy (non-hydrogen) atoms. The maximum Gasteiger partial charge on any atom is 0.259 e. The lowest BCUT2D eigenvalue weighted by molar-refractivity contribution is 0.395. The molecule has 1 aliphatic carbocycles. The zero-order valence-electron chi connectivity index (χ0n) is 16.4. The van der Waals surface area contributed by atoms with Crippen molar-refractivity contribution in [3.63, 3.8) is 0 Å². The Labute approximate surface area is 168 Å². The summed E-state index contributed by atoms with van der Waals surface area (Å²) in [5.41, 5.74) is 0.644. The van der Waals surface area contributed by atoms with Gasteiger partial charge in [0.2, 0.25) is 5.88 Å². The van der Waals surface area contributed by atoms with Crippen molar-refractivity contribution in [3.05, 3.63) is 53.2 Å². The van der Waals surface area contributed by atoms with Gasteiger partial charge in [-0.3, -0.25) is 9.20 Å². The number of anilines is 2. The molecule has 1 aliphatic heterocycles. The van der Waals surface area contributed by atoms with Gasteiger partial charge in [0.25, 0.3) is 5.56 Å². The fraction of sp³-hybridized carbons (Fsp3) is 0.429. The van der Waals surface area contributed by atoms with Crippen LogP contribution in [0.15, 0.2) is 47.7 Å². The standard InChI is InChI=1S/C21H24N6O2/c1-29-20-12-18(22-14-23-20)27(15-5-6-15)16-7-10-25(11-8-16)19-13-21(28)26-9-3-2-4-17(26)24-19/h2-4,9,12-16H,5-8,10-11H2,1H3. The van der Waals surface area contributed by atoms with E-state index in [4.69, 9.17) is 9.72 Å². The van der Waals surface area contributed by atoms with Crippen molar-refractivity contribution in [2.45, 2.75) is 37.8 Å². The van der Waals surface area contributed by atoms with Gasteiger partial charge in [-0.05, 0) is 37.8 Å². The second-order valence-electron chi connectivity index (χ2n) is 7.66. The molecule has 8 nitrogen and oxygen atoms in total. The van der Waals surface area contributed by atoms with Crippen molar-refractivity contribution in [2.24, 2.45) is 0 Å². The van der Waals surface area contributed by atoms with Gasteiger partial charge in [0.15, 0.2) is 0 Å². The van der Waals surface area contributed by atoms with Gasteiger partial charge in [0, 0.05) is 43.5 Å². The van der Waals surface area contributed by atoms with Crippen LogP contribution in [0.3, 0.4) is 0 Å². The number of fused-ring (bicyclic) bond motifs is 1. The van der Waals surface area contributed by atoms with E-state index in [1.165, 1.54) is 12.8 Å². The predicted octanol–water partition coefficient (Wildman–Crippen LogP) is 2.13. The van der Waals surface area contributed by atoms with Gasteiger partial charge in [-0.1, -0.05) is 6.07 Å². The van der Waals surface area contributed by atoms with E-state index >= 15 is 0 Å². The van der Waals surface area contributed by atoms with Crippen molar-refractivity contribution in [1.29, 1.82) is 0 Å². The largest absolute Gasteiger partial charge is 0.481 e. The summed E-state index contributed by atoms with van der Waals surface area (Å²) in [5, 5.41) is 0. The second kappa shape index (κ2) is 7.35. The number of nitrogens with zero attached hydrogens (tertiary/aromatic N) is 6. The monoisotopic (exact) mass is 392 g/mol. The number of aromatic nitrogens is 4. The normalized spacial score (nSPS) is 17.5. The smallest absolute Gasteiger partial charge is 0.259 e. The Hall–Kier alpha value is -3.16. The highest BCUT2D eigenvalue weighted by Crippen LogP contribution is 2.36. The number of hydrogen-bond donors (Lipinski definition) is 0. The molecule has 1 saturated heterocycles. The maximum absolute atomic E-state index is 12.4. The van der Waals surface area contributed by atoms with Crippen molar-refractivity contribution in [3.8, 4) is 5.88 Å². The molecule has 3 aromatic heterocycles. The topological polar surface area (TPSA) is 75.9 Å². The molecule has 150 valence electrons. The highest BCUT2D eigenvalue weighted by atomic mass is 16.5. The molecule has 0 spiro atoms. The fourth-order valence-corrected chi connectivity index (χ4v) is 4.18. The van der Waals surface area contributed by atoms with E-state index in [-0.39, 0.29) is 5.56 Å². The van der Waals surface area contributed by atoms with Crippen LogP contribution in [-0.4, -0.2) is 51.6 Å². The third kappa shape index (κ3) is 3.50. The van der Waals surface area contributed by atoms with Crippen LogP contribution in [0.4, 0.5) is 11.6 Å². The van der Waals surface area contributed by atoms with Gasteiger partial charge in [0.05, 0.1) is 7.11 Å². The van der Waals surface area contributed by atoms with Crippen molar-refractivity contribution in [2.75, 3.05) is 30.0 Å². The zero-order chi connectivity index (χ0) is 19.8. The Morgan fingerprint density at radius 1 is 1.07 bits per heavy atom. The summed E-state index contributed by atoms with van der Waals surface area (Å²) in [4.78, 5) is 30.4. The first-order chi connectivity index (χ1) is 14.2. The van der Waals surface area contributed by atoms with Gasteiger partial charge in [0.1, 0.15) is 23.6 Å². The van der Waals surface area contributed by atoms with Gasteiger partial charge in [-0.15, -0.1) is 0 Å². The minimum atomic E-state index is -0.0413. The van der Waals surface area contributed by atoms with Crippen LogP contribution in [0.5, 0.6) is 5.88 Å². The van der Waals surface area contributed by atoms with Crippen molar-refractivity contribution in [1.82, 2.24) is 19.4 Å². The predicted molar refractivity (Wildman–Crippen MR) is 111 cm³/mol. The lowest BCUT2D eigenvalue weighted by Gasteiger charge is -2.39. The summed E-state index contributed by atoms with van der Waals surface area (Å²) < 4.78 is 6.86. The van der Waals surface area contributed by atoms with Crippen LogP contribution in [0, 0.1) is 0 Å². The lowest BCUT2D eigenvalue weighted by atomic mass is 10.0. The molecule has 1 saturated carbocycles. The maximum atomic E-state index is 12.4. The van der Waals surface area contributed by atoms with E-state index in [0.717, 1.165) is 37.6 Å². The molecule has 2 aliphatic rings. The van der Waals surface area contributed by atoms with Gasteiger partial charge < -0.3 is 14.5 Å². The van der Waals surface area contributed by atoms with Gasteiger partial charge in [-0.25, -0.2) is 15.0 Å². The van der Waals surface area contributed by atoms with E-state index in [1.807, 2.05) is 24.3 Å². The van der Waals surface area contributed by atoms with Gasteiger partial charge >= 0.3 is 0 Å². The molecule has 4 heterocycles. The van der Waals surface area contributed by atoms with Crippen molar-refractivity contribution < 1.29 is 4.74 Å². The quantitative estimate of drug-likeness (QED) is 0.658. The number of hydrogen-bond acceptors (Lipinski definition) is 7. The molecule has 0 unspecified atom stereocenters. The van der Waals surface area contributed by atoms with Crippen LogP contribution >= 0.6 is 0 Å². The van der Waals surface area contributed by atoms with Crippen molar-refractivity contribution >= 4 is 17.3 Å². The third-order valence-electron chi connectivity index (χ3n) is 5.78.